The largest absolute Gasteiger partial charge is 0.352 e. The predicted molar refractivity (Wildman–Crippen MR) is 60.9 cm³/mol. The number of hydrogen-bond donors (Lipinski definition) is 1. The molecule has 0 aromatic rings. The van der Waals surface area contributed by atoms with Crippen molar-refractivity contribution in [3.05, 3.63) is 0 Å². The number of amides is 1. The van der Waals surface area contributed by atoms with E-state index in [-0.39, 0.29) is 17.9 Å². The summed E-state index contributed by atoms with van der Waals surface area (Å²) in [6.45, 7) is 1.93. The number of carbonyl (C=O) groups is 1. The zero-order chi connectivity index (χ0) is 11.0. The van der Waals surface area contributed by atoms with Gasteiger partial charge in [0.05, 0.1) is 0 Å². The smallest absolute Gasteiger partial charge is 0.223 e. The first kappa shape index (κ1) is 11.1. The summed E-state index contributed by atoms with van der Waals surface area (Å²) in [5, 5.41) is 2.96. The van der Waals surface area contributed by atoms with Crippen LogP contribution in [0.3, 0.4) is 0 Å². The molecular weight excluding hydrogens is 210 g/mol. The van der Waals surface area contributed by atoms with Gasteiger partial charge in [-0.05, 0) is 38.0 Å². The van der Waals surface area contributed by atoms with E-state index < -0.39 is 10.8 Å². The molecule has 86 valence electrons. The molecule has 0 aliphatic heterocycles. The van der Waals surface area contributed by atoms with Crippen molar-refractivity contribution in [3.63, 3.8) is 0 Å². The summed E-state index contributed by atoms with van der Waals surface area (Å²) in [5.41, 5.74) is 0. The highest BCUT2D eigenvalue weighted by Crippen LogP contribution is 2.54. The van der Waals surface area contributed by atoms with Gasteiger partial charge in [-0.25, -0.2) is 0 Å². The maximum Gasteiger partial charge on any atom is 0.223 e. The molecule has 2 rings (SSSR count). The zero-order valence-corrected chi connectivity index (χ0v) is 10.2. The van der Waals surface area contributed by atoms with Crippen LogP contribution >= 0.6 is 0 Å². The van der Waals surface area contributed by atoms with Crippen molar-refractivity contribution in [3.8, 4) is 0 Å². The molecule has 4 unspecified atom stereocenters. The second-order valence-electron chi connectivity index (χ2n) is 5.07. The Morgan fingerprint density at radius 3 is 2.53 bits per heavy atom. The van der Waals surface area contributed by atoms with Crippen molar-refractivity contribution in [1.82, 2.24) is 5.32 Å². The molecule has 2 aliphatic carbocycles. The Morgan fingerprint density at radius 2 is 2.00 bits per heavy atom. The topological polar surface area (TPSA) is 46.2 Å². The van der Waals surface area contributed by atoms with Gasteiger partial charge in [0.1, 0.15) is 0 Å². The van der Waals surface area contributed by atoms with Crippen LogP contribution in [0.2, 0.25) is 0 Å². The second kappa shape index (κ2) is 4.24. The fraction of sp³-hybridized carbons (Fsp3) is 0.909. The van der Waals surface area contributed by atoms with E-state index in [9.17, 15) is 9.00 Å². The highest BCUT2D eigenvalue weighted by atomic mass is 32.2. The first-order valence-corrected chi connectivity index (χ1v) is 7.39. The van der Waals surface area contributed by atoms with Crippen molar-refractivity contribution < 1.29 is 9.00 Å². The number of rotatable bonds is 4. The Kier molecular flexibility index (Phi) is 3.14. The predicted octanol–water partition coefficient (Wildman–Crippen LogP) is 0.916. The van der Waals surface area contributed by atoms with E-state index in [1.807, 2.05) is 6.92 Å². The van der Waals surface area contributed by atoms with Crippen LogP contribution in [0.25, 0.3) is 0 Å². The van der Waals surface area contributed by atoms with Crippen molar-refractivity contribution in [2.75, 3.05) is 12.0 Å². The van der Waals surface area contributed by atoms with E-state index in [0.717, 1.165) is 24.7 Å². The van der Waals surface area contributed by atoms with E-state index in [1.54, 1.807) is 6.26 Å². The minimum absolute atomic E-state index is 0.0419. The molecule has 0 spiro atoms. The number of hydrogen-bond acceptors (Lipinski definition) is 2. The van der Waals surface area contributed by atoms with Gasteiger partial charge in [-0.3, -0.25) is 9.00 Å². The average molecular weight is 229 g/mol. The fourth-order valence-corrected chi connectivity index (χ4v) is 3.47. The van der Waals surface area contributed by atoms with Gasteiger partial charge in [-0.15, -0.1) is 0 Å². The third-order valence-electron chi connectivity index (χ3n) is 3.49. The molecule has 0 radical (unpaired) electrons. The van der Waals surface area contributed by atoms with Gasteiger partial charge in [0.15, 0.2) is 0 Å². The molecule has 2 aliphatic rings. The summed E-state index contributed by atoms with van der Waals surface area (Å²) >= 11 is 0. The quantitative estimate of drug-likeness (QED) is 0.779. The average Bonchev–Trinajstić information content (AvgIpc) is 2.71. The Balaban J connectivity index is 1.74. The third-order valence-corrected chi connectivity index (χ3v) is 4.46. The van der Waals surface area contributed by atoms with Gasteiger partial charge >= 0.3 is 0 Å². The van der Waals surface area contributed by atoms with Gasteiger partial charge in [0, 0.05) is 34.8 Å². The van der Waals surface area contributed by atoms with Gasteiger partial charge in [0.25, 0.3) is 0 Å². The lowest BCUT2D eigenvalue weighted by atomic mass is 10.0. The van der Waals surface area contributed by atoms with Crippen LogP contribution in [0.1, 0.15) is 26.2 Å². The fourth-order valence-electron chi connectivity index (χ4n) is 2.68. The van der Waals surface area contributed by atoms with Crippen molar-refractivity contribution >= 4 is 16.7 Å². The molecule has 0 bridgehead atoms. The minimum atomic E-state index is -0.827. The lowest BCUT2D eigenvalue weighted by Crippen LogP contribution is -2.39. The van der Waals surface area contributed by atoms with Crippen molar-refractivity contribution in [1.29, 1.82) is 0 Å². The summed E-state index contributed by atoms with van der Waals surface area (Å²) in [4.78, 5) is 11.8. The standard InChI is InChI=1S/C11H19NO2S/c1-7(6-15(2)14)12-11(13)10-4-8-3-9(8)5-10/h7-10H,3-6H2,1-2H3,(H,12,13). The van der Waals surface area contributed by atoms with Crippen LogP contribution in [0.15, 0.2) is 0 Å². The van der Waals surface area contributed by atoms with Crippen LogP contribution in [0.5, 0.6) is 0 Å². The molecule has 0 saturated heterocycles. The summed E-state index contributed by atoms with van der Waals surface area (Å²) in [5.74, 6) is 2.67. The summed E-state index contributed by atoms with van der Waals surface area (Å²) in [6.07, 6.45) is 5.18. The van der Waals surface area contributed by atoms with Crippen LogP contribution in [0.4, 0.5) is 0 Å². The van der Waals surface area contributed by atoms with Crippen LogP contribution in [-0.2, 0) is 15.6 Å². The molecule has 1 N–H and O–H groups in total. The van der Waals surface area contributed by atoms with Crippen LogP contribution < -0.4 is 5.32 Å². The lowest BCUT2D eigenvalue weighted by Gasteiger charge is -2.16. The van der Waals surface area contributed by atoms with Gasteiger partial charge in [-0.1, -0.05) is 0 Å². The Labute approximate surface area is 93.5 Å². The zero-order valence-electron chi connectivity index (χ0n) is 9.36. The SMILES string of the molecule is CC(CS(C)=O)NC(=O)C1CC2CC2C1. The van der Waals surface area contributed by atoms with E-state index in [1.165, 1.54) is 6.42 Å². The maximum absolute atomic E-state index is 11.8. The normalized spacial score (nSPS) is 36.8. The molecule has 0 aromatic heterocycles. The summed E-state index contributed by atoms with van der Waals surface area (Å²) < 4.78 is 11.0. The summed E-state index contributed by atoms with van der Waals surface area (Å²) in [7, 11) is -0.827. The van der Waals surface area contributed by atoms with Crippen LogP contribution in [0, 0.1) is 17.8 Å². The van der Waals surface area contributed by atoms with Crippen molar-refractivity contribution in [2.45, 2.75) is 32.2 Å². The Hall–Kier alpha value is -0.380. The maximum atomic E-state index is 11.8. The molecule has 0 heterocycles. The second-order valence-corrected chi connectivity index (χ2v) is 6.55. The molecule has 4 atom stereocenters. The number of fused-ring (bicyclic) bond motifs is 1. The third kappa shape index (κ3) is 2.80. The molecule has 4 heteroatoms. The van der Waals surface area contributed by atoms with Gasteiger partial charge < -0.3 is 5.32 Å². The molecule has 3 nitrogen and oxygen atoms in total. The van der Waals surface area contributed by atoms with E-state index in [0.29, 0.717) is 5.75 Å². The van der Waals surface area contributed by atoms with E-state index in [2.05, 4.69) is 5.32 Å². The van der Waals surface area contributed by atoms with E-state index in [4.69, 9.17) is 0 Å². The summed E-state index contributed by atoms with van der Waals surface area (Å²) in [6, 6.07) is 0.0419. The van der Waals surface area contributed by atoms with E-state index >= 15 is 0 Å². The first-order chi connectivity index (χ1) is 7.06. The van der Waals surface area contributed by atoms with Gasteiger partial charge in [-0.2, -0.15) is 0 Å². The highest BCUT2D eigenvalue weighted by molar-refractivity contribution is 7.84. The van der Waals surface area contributed by atoms with Crippen molar-refractivity contribution in [2.24, 2.45) is 17.8 Å². The number of nitrogens with one attached hydrogen (secondary N) is 1. The first-order valence-electron chi connectivity index (χ1n) is 5.66. The lowest BCUT2D eigenvalue weighted by molar-refractivity contribution is -0.125. The van der Waals surface area contributed by atoms with Gasteiger partial charge in [0.2, 0.25) is 5.91 Å². The van der Waals surface area contributed by atoms with Crippen LogP contribution in [-0.4, -0.2) is 28.2 Å². The molecule has 2 saturated carbocycles. The molecule has 0 aromatic carbocycles. The molecule has 15 heavy (non-hydrogen) atoms. The molecule has 1 amide bonds. The molecule has 2 fully saturated rings. The highest BCUT2D eigenvalue weighted by Gasteiger charge is 2.48. The Bertz CT molecular complexity index is 282. The minimum Gasteiger partial charge on any atom is -0.352 e. The monoisotopic (exact) mass is 229 g/mol. The number of carbonyl (C=O) groups excluding carboxylic acids is 1. The Morgan fingerprint density at radius 1 is 1.40 bits per heavy atom. The molecular formula is C11H19NO2S.